The van der Waals surface area contributed by atoms with Crippen LogP contribution in [0.5, 0.6) is 5.88 Å². The van der Waals surface area contributed by atoms with Crippen LogP contribution in [0.2, 0.25) is 5.02 Å². The number of aromatic nitrogens is 1. The molecule has 0 fully saturated rings. The van der Waals surface area contributed by atoms with Gasteiger partial charge in [-0.1, -0.05) is 17.7 Å². The quantitative estimate of drug-likeness (QED) is 0.857. The van der Waals surface area contributed by atoms with Crippen molar-refractivity contribution < 1.29 is 18.8 Å². The average Bonchev–Trinajstić information content (AvgIpc) is 2.79. The van der Waals surface area contributed by atoms with E-state index in [1.165, 1.54) is 19.4 Å². The first-order valence-electron chi connectivity index (χ1n) is 5.92. The molecular formula is C13H10BClFNO3. The molecular weight excluding hydrogens is 283 g/mol. The van der Waals surface area contributed by atoms with Gasteiger partial charge in [0.05, 0.1) is 13.7 Å². The molecule has 2 aromatic rings. The number of methoxy groups -OCH3 is 1. The molecule has 1 aromatic carbocycles. The van der Waals surface area contributed by atoms with Crippen molar-refractivity contribution in [2.24, 2.45) is 0 Å². The first kappa shape index (κ1) is 13.4. The standard InChI is InChI=1S/C13H10BClFNO3/c1-19-13-12(15)8(2-3-17-13)9-5-10-7(4-11(9)16)6-20-14(10)18/h2-5,18H,6H2,1H3. The molecule has 1 N–H and O–H groups in total. The topological polar surface area (TPSA) is 51.6 Å². The van der Waals surface area contributed by atoms with Crippen molar-refractivity contribution in [1.29, 1.82) is 0 Å². The molecule has 102 valence electrons. The Morgan fingerprint density at radius 2 is 2.25 bits per heavy atom. The summed E-state index contributed by atoms with van der Waals surface area (Å²) in [6.45, 7) is 0.196. The second-order valence-electron chi connectivity index (χ2n) is 4.38. The zero-order valence-corrected chi connectivity index (χ0v) is 11.3. The number of fused-ring (bicyclic) bond motifs is 1. The van der Waals surface area contributed by atoms with Crippen LogP contribution in [-0.4, -0.2) is 24.2 Å². The van der Waals surface area contributed by atoms with E-state index < -0.39 is 12.9 Å². The Labute approximate surface area is 120 Å². The zero-order valence-electron chi connectivity index (χ0n) is 10.6. The summed E-state index contributed by atoms with van der Waals surface area (Å²) in [4.78, 5) is 3.95. The lowest BCUT2D eigenvalue weighted by molar-refractivity contribution is 0.275. The summed E-state index contributed by atoms with van der Waals surface area (Å²) in [6, 6.07) is 4.49. The van der Waals surface area contributed by atoms with Crippen molar-refractivity contribution in [1.82, 2.24) is 4.98 Å². The highest BCUT2D eigenvalue weighted by molar-refractivity contribution is 6.61. The summed E-state index contributed by atoms with van der Waals surface area (Å²) in [5.74, 6) is -0.211. The number of pyridine rings is 1. The van der Waals surface area contributed by atoms with Crippen molar-refractivity contribution >= 4 is 24.2 Å². The SMILES string of the molecule is COc1nccc(-c2cc3c(cc2F)COB3O)c1Cl. The van der Waals surface area contributed by atoms with Crippen molar-refractivity contribution in [3.63, 3.8) is 0 Å². The minimum absolute atomic E-state index is 0.196. The van der Waals surface area contributed by atoms with Gasteiger partial charge < -0.3 is 14.4 Å². The summed E-state index contributed by atoms with van der Waals surface area (Å²) in [5.41, 5.74) is 1.92. The largest absolute Gasteiger partial charge is 0.491 e. The molecule has 0 radical (unpaired) electrons. The first-order valence-corrected chi connectivity index (χ1v) is 6.30. The van der Waals surface area contributed by atoms with Gasteiger partial charge >= 0.3 is 7.12 Å². The third-order valence-electron chi connectivity index (χ3n) is 3.23. The average molecular weight is 293 g/mol. The summed E-state index contributed by atoms with van der Waals surface area (Å²) in [7, 11) is 0.404. The number of ether oxygens (including phenoxy) is 1. The normalized spacial score (nSPS) is 13.5. The number of nitrogens with zero attached hydrogens (tertiary/aromatic N) is 1. The van der Waals surface area contributed by atoms with Gasteiger partial charge in [-0.3, -0.25) is 0 Å². The van der Waals surface area contributed by atoms with Crippen LogP contribution in [0.4, 0.5) is 4.39 Å². The Morgan fingerprint density at radius 3 is 3.00 bits per heavy atom. The minimum Gasteiger partial charge on any atom is -0.480 e. The van der Waals surface area contributed by atoms with E-state index in [4.69, 9.17) is 21.0 Å². The van der Waals surface area contributed by atoms with Gasteiger partial charge in [-0.25, -0.2) is 9.37 Å². The highest BCUT2D eigenvalue weighted by atomic mass is 35.5. The lowest BCUT2D eigenvalue weighted by atomic mass is 9.78. The number of hydrogen-bond acceptors (Lipinski definition) is 4. The predicted octanol–water partition coefficient (Wildman–Crippen LogP) is 1.77. The third kappa shape index (κ3) is 2.06. The fourth-order valence-corrected chi connectivity index (χ4v) is 2.52. The van der Waals surface area contributed by atoms with Gasteiger partial charge in [0.15, 0.2) is 0 Å². The van der Waals surface area contributed by atoms with Gasteiger partial charge in [0.1, 0.15) is 10.8 Å². The van der Waals surface area contributed by atoms with E-state index in [0.717, 1.165) is 0 Å². The van der Waals surface area contributed by atoms with Crippen LogP contribution in [0.1, 0.15) is 5.56 Å². The second kappa shape index (κ2) is 5.05. The summed E-state index contributed by atoms with van der Waals surface area (Å²) >= 11 is 6.15. The van der Waals surface area contributed by atoms with Gasteiger partial charge in [0.2, 0.25) is 5.88 Å². The fraction of sp³-hybridized carbons (Fsp3) is 0.154. The summed E-state index contributed by atoms with van der Waals surface area (Å²) < 4.78 is 24.3. The molecule has 0 unspecified atom stereocenters. The van der Waals surface area contributed by atoms with Crippen LogP contribution < -0.4 is 10.2 Å². The molecule has 1 aliphatic heterocycles. The lowest BCUT2D eigenvalue weighted by Gasteiger charge is -2.10. The van der Waals surface area contributed by atoms with Crippen LogP contribution >= 0.6 is 11.6 Å². The highest BCUT2D eigenvalue weighted by Crippen LogP contribution is 2.35. The van der Waals surface area contributed by atoms with Crippen molar-refractivity contribution in [3.05, 3.63) is 40.8 Å². The Kier molecular flexibility index (Phi) is 3.37. The van der Waals surface area contributed by atoms with Gasteiger partial charge in [-0.05, 0) is 23.2 Å². The molecule has 0 aliphatic carbocycles. The number of rotatable bonds is 2. The van der Waals surface area contributed by atoms with E-state index in [-0.39, 0.29) is 23.1 Å². The molecule has 0 atom stereocenters. The van der Waals surface area contributed by atoms with E-state index in [1.807, 2.05) is 0 Å². The number of hydrogen-bond donors (Lipinski definition) is 1. The van der Waals surface area contributed by atoms with Crippen molar-refractivity contribution in [2.75, 3.05) is 7.11 Å². The smallest absolute Gasteiger partial charge is 0.480 e. The van der Waals surface area contributed by atoms with E-state index in [9.17, 15) is 9.41 Å². The Hall–Kier alpha value is -1.63. The van der Waals surface area contributed by atoms with E-state index in [1.54, 1.807) is 12.1 Å². The molecule has 1 aromatic heterocycles. The van der Waals surface area contributed by atoms with E-state index >= 15 is 0 Å². The molecule has 20 heavy (non-hydrogen) atoms. The predicted molar refractivity (Wildman–Crippen MR) is 73.6 cm³/mol. The maximum absolute atomic E-state index is 14.2. The summed E-state index contributed by atoms with van der Waals surface area (Å²) in [6.07, 6.45) is 1.49. The van der Waals surface area contributed by atoms with E-state index in [0.29, 0.717) is 16.6 Å². The maximum atomic E-state index is 14.2. The molecule has 0 amide bonds. The monoisotopic (exact) mass is 293 g/mol. The third-order valence-corrected chi connectivity index (χ3v) is 3.60. The van der Waals surface area contributed by atoms with Gasteiger partial charge in [-0.15, -0.1) is 0 Å². The maximum Gasteiger partial charge on any atom is 0.491 e. The van der Waals surface area contributed by atoms with Gasteiger partial charge in [0, 0.05) is 17.3 Å². The molecule has 0 spiro atoms. The molecule has 0 bridgehead atoms. The molecule has 4 nitrogen and oxygen atoms in total. The minimum atomic E-state index is -1.04. The second-order valence-corrected chi connectivity index (χ2v) is 4.75. The Morgan fingerprint density at radius 1 is 1.45 bits per heavy atom. The zero-order chi connectivity index (χ0) is 14.3. The van der Waals surface area contributed by atoms with Crippen LogP contribution in [0.15, 0.2) is 24.4 Å². The van der Waals surface area contributed by atoms with Crippen LogP contribution in [0.25, 0.3) is 11.1 Å². The number of halogens is 2. The summed E-state index contributed by atoms with van der Waals surface area (Å²) in [5, 5.41) is 9.92. The molecule has 3 rings (SSSR count). The molecule has 7 heteroatoms. The van der Waals surface area contributed by atoms with Crippen LogP contribution in [0, 0.1) is 5.82 Å². The van der Waals surface area contributed by atoms with Gasteiger partial charge in [-0.2, -0.15) is 0 Å². The van der Waals surface area contributed by atoms with Crippen molar-refractivity contribution in [3.8, 4) is 17.0 Å². The molecule has 0 saturated carbocycles. The fourth-order valence-electron chi connectivity index (χ4n) is 2.23. The number of benzene rings is 1. The van der Waals surface area contributed by atoms with Gasteiger partial charge in [0.25, 0.3) is 0 Å². The molecule has 2 heterocycles. The van der Waals surface area contributed by atoms with E-state index in [2.05, 4.69) is 4.98 Å². The van der Waals surface area contributed by atoms with Crippen LogP contribution in [-0.2, 0) is 11.3 Å². The Balaban J connectivity index is 2.18. The highest BCUT2D eigenvalue weighted by Gasteiger charge is 2.29. The lowest BCUT2D eigenvalue weighted by Crippen LogP contribution is -2.28. The van der Waals surface area contributed by atoms with Crippen molar-refractivity contribution in [2.45, 2.75) is 6.61 Å². The molecule has 0 saturated heterocycles. The first-order chi connectivity index (χ1) is 9.61. The molecule has 1 aliphatic rings. The Bertz CT molecular complexity index is 683. The van der Waals surface area contributed by atoms with Crippen LogP contribution in [0.3, 0.4) is 0 Å².